The Morgan fingerprint density at radius 3 is 2.35 bits per heavy atom. The van der Waals surface area contributed by atoms with Gasteiger partial charge in [-0.3, -0.25) is 4.79 Å². The SMILES string of the molecule is CCN1CCN(C2CCN(C(=O)CCC3CCCC3)CC2)C1=O. The Balaban J connectivity index is 1.41. The van der Waals surface area contributed by atoms with Crippen molar-refractivity contribution in [1.29, 1.82) is 0 Å². The molecule has 130 valence electrons. The van der Waals surface area contributed by atoms with Crippen LogP contribution in [-0.2, 0) is 4.79 Å². The van der Waals surface area contributed by atoms with Gasteiger partial charge in [0.05, 0.1) is 0 Å². The second kappa shape index (κ2) is 7.54. The van der Waals surface area contributed by atoms with Crippen LogP contribution < -0.4 is 0 Å². The van der Waals surface area contributed by atoms with Crippen LogP contribution in [0.25, 0.3) is 0 Å². The summed E-state index contributed by atoms with van der Waals surface area (Å²) in [7, 11) is 0. The van der Waals surface area contributed by atoms with Gasteiger partial charge in [0, 0.05) is 45.2 Å². The van der Waals surface area contributed by atoms with Crippen LogP contribution in [0.3, 0.4) is 0 Å². The number of hydrogen-bond acceptors (Lipinski definition) is 2. The maximum Gasteiger partial charge on any atom is 0.320 e. The first-order valence-electron chi connectivity index (χ1n) is 9.52. The Morgan fingerprint density at radius 2 is 1.74 bits per heavy atom. The fourth-order valence-corrected chi connectivity index (χ4v) is 4.45. The van der Waals surface area contributed by atoms with Crippen molar-refractivity contribution >= 4 is 11.9 Å². The van der Waals surface area contributed by atoms with E-state index in [4.69, 9.17) is 0 Å². The minimum Gasteiger partial charge on any atom is -0.343 e. The molecule has 5 heteroatoms. The lowest BCUT2D eigenvalue weighted by molar-refractivity contribution is -0.132. The number of carbonyl (C=O) groups excluding carboxylic acids is 2. The van der Waals surface area contributed by atoms with E-state index >= 15 is 0 Å². The lowest BCUT2D eigenvalue weighted by Gasteiger charge is -2.36. The molecule has 3 aliphatic rings. The summed E-state index contributed by atoms with van der Waals surface area (Å²) in [6.07, 6.45) is 9.03. The van der Waals surface area contributed by atoms with E-state index in [1.165, 1.54) is 25.7 Å². The predicted molar refractivity (Wildman–Crippen MR) is 90.1 cm³/mol. The molecule has 0 radical (unpaired) electrons. The van der Waals surface area contributed by atoms with E-state index in [0.717, 1.165) is 64.3 Å². The Labute approximate surface area is 140 Å². The van der Waals surface area contributed by atoms with Gasteiger partial charge in [-0.15, -0.1) is 0 Å². The minimum atomic E-state index is 0.193. The minimum absolute atomic E-state index is 0.193. The third kappa shape index (κ3) is 3.81. The van der Waals surface area contributed by atoms with Crippen LogP contribution in [0.5, 0.6) is 0 Å². The first-order valence-corrected chi connectivity index (χ1v) is 9.52. The van der Waals surface area contributed by atoms with E-state index in [1.54, 1.807) is 0 Å². The highest BCUT2D eigenvalue weighted by atomic mass is 16.2. The highest BCUT2D eigenvalue weighted by Gasteiger charge is 2.35. The maximum atomic E-state index is 12.4. The van der Waals surface area contributed by atoms with Crippen molar-refractivity contribution in [3.8, 4) is 0 Å². The van der Waals surface area contributed by atoms with Gasteiger partial charge in [-0.2, -0.15) is 0 Å². The molecule has 0 aromatic rings. The molecule has 0 atom stereocenters. The van der Waals surface area contributed by atoms with Crippen molar-refractivity contribution in [2.24, 2.45) is 5.92 Å². The fraction of sp³-hybridized carbons (Fsp3) is 0.889. The molecule has 2 saturated heterocycles. The number of rotatable bonds is 5. The average Bonchev–Trinajstić information content (AvgIpc) is 3.22. The normalized spacial score (nSPS) is 24.0. The summed E-state index contributed by atoms with van der Waals surface area (Å²) < 4.78 is 0. The molecule has 2 aliphatic heterocycles. The standard InChI is InChI=1S/C18H31N3O2/c1-2-19-13-14-21(18(19)23)16-9-11-20(12-10-16)17(22)8-7-15-5-3-4-6-15/h15-16H,2-14H2,1H3. The Hall–Kier alpha value is -1.26. The Kier molecular flexibility index (Phi) is 5.44. The fourth-order valence-electron chi connectivity index (χ4n) is 4.45. The van der Waals surface area contributed by atoms with E-state index in [0.29, 0.717) is 11.9 Å². The second-order valence-electron chi connectivity index (χ2n) is 7.36. The third-order valence-corrected chi connectivity index (χ3v) is 6.01. The molecule has 23 heavy (non-hydrogen) atoms. The van der Waals surface area contributed by atoms with Crippen molar-refractivity contribution in [3.05, 3.63) is 0 Å². The highest BCUT2D eigenvalue weighted by molar-refractivity contribution is 5.77. The number of amides is 3. The summed E-state index contributed by atoms with van der Waals surface area (Å²) in [4.78, 5) is 30.6. The van der Waals surface area contributed by atoms with Crippen LogP contribution in [0, 0.1) is 5.92 Å². The average molecular weight is 321 g/mol. The Bertz CT molecular complexity index is 426. The van der Waals surface area contributed by atoms with E-state index < -0.39 is 0 Å². The molecule has 3 fully saturated rings. The molecule has 0 bridgehead atoms. The van der Waals surface area contributed by atoms with E-state index in [2.05, 4.69) is 0 Å². The van der Waals surface area contributed by atoms with Crippen molar-refractivity contribution in [2.45, 2.75) is 64.3 Å². The number of likely N-dealkylation sites (tertiary alicyclic amines) is 1. The molecule has 0 spiro atoms. The van der Waals surface area contributed by atoms with Crippen LogP contribution in [-0.4, -0.2) is 65.4 Å². The van der Waals surface area contributed by atoms with E-state index in [1.807, 2.05) is 21.6 Å². The maximum absolute atomic E-state index is 12.4. The molecule has 3 rings (SSSR count). The van der Waals surface area contributed by atoms with Crippen molar-refractivity contribution in [1.82, 2.24) is 14.7 Å². The van der Waals surface area contributed by atoms with Crippen molar-refractivity contribution in [3.63, 3.8) is 0 Å². The second-order valence-corrected chi connectivity index (χ2v) is 7.36. The lowest BCUT2D eigenvalue weighted by Crippen LogP contribution is -2.48. The summed E-state index contributed by atoms with van der Waals surface area (Å²) in [6, 6.07) is 0.524. The topological polar surface area (TPSA) is 43.9 Å². The molecular weight excluding hydrogens is 290 g/mol. The van der Waals surface area contributed by atoms with E-state index in [-0.39, 0.29) is 6.03 Å². The smallest absolute Gasteiger partial charge is 0.320 e. The third-order valence-electron chi connectivity index (χ3n) is 6.01. The van der Waals surface area contributed by atoms with Crippen molar-refractivity contribution < 1.29 is 9.59 Å². The van der Waals surface area contributed by atoms with Crippen molar-refractivity contribution in [2.75, 3.05) is 32.7 Å². The summed E-state index contributed by atoms with van der Waals surface area (Å²) >= 11 is 0. The summed E-state index contributed by atoms with van der Waals surface area (Å²) in [6.45, 7) is 6.19. The number of hydrogen-bond donors (Lipinski definition) is 0. The molecule has 1 saturated carbocycles. The van der Waals surface area contributed by atoms with Gasteiger partial charge in [-0.05, 0) is 32.1 Å². The summed E-state index contributed by atoms with van der Waals surface area (Å²) in [5.74, 6) is 1.12. The molecule has 1 aliphatic carbocycles. The zero-order valence-corrected chi connectivity index (χ0v) is 14.5. The molecular formula is C18H31N3O2. The number of likely N-dealkylation sites (N-methyl/N-ethyl adjacent to an activating group) is 1. The summed E-state index contributed by atoms with van der Waals surface area (Å²) in [5.41, 5.74) is 0. The van der Waals surface area contributed by atoms with Gasteiger partial charge < -0.3 is 14.7 Å². The zero-order valence-electron chi connectivity index (χ0n) is 14.5. The molecule has 2 heterocycles. The molecule has 0 unspecified atom stereocenters. The summed E-state index contributed by atoms with van der Waals surface area (Å²) in [5, 5.41) is 0. The van der Waals surface area contributed by atoms with Crippen LogP contribution in [0.15, 0.2) is 0 Å². The molecule has 0 aromatic heterocycles. The molecule has 0 aromatic carbocycles. The quantitative estimate of drug-likeness (QED) is 0.781. The monoisotopic (exact) mass is 321 g/mol. The number of carbonyl (C=O) groups is 2. The van der Waals surface area contributed by atoms with Crippen LogP contribution in [0.2, 0.25) is 0 Å². The molecule has 5 nitrogen and oxygen atoms in total. The van der Waals surface area contributed by atoms with Gasteiger partial charge in [0.15, 0.2) is 0 Å². The molecule has 3 amide bonds. The van der Waals surface area contributed by atoms with Crippen LogP contribution in [0.1, 0.15) is 58.3 Å². The van der Waals surface area contributed by atoms with Gasteiger partial charge in [-0.25, -0.2) is 4.79 Å². The predicted octanol–water partition coefficient (Wildman–Crippen LogP) is 2.71. The number of piperidine rings is 1. The number of urea groups is 1. The zero-order chi connectivity index (χ0) is 16.2. The largest absolute Gasteiger partial charge is 0.343 e. The van der Waals surface area contributed by atoms with Gasteiger partial charge in [0.1, 0.15) is 0 Å². The lowest BCUT2D eigenvalue weighted by atomic mass is 9.99. The first-order chi connectivity index (χ1) is 11.2. The highest BCUT2D eigenvalue weighted by Crippen LogP contribution is 2.29. The first kappa shape index (κ1) is 16.6. The van der Waals surface area contributed by atoms with Gasteiger partial charge in [0.25, 0.3) is 0 Å². The van der Waals surface area contributed by atoms with Crippen LogP contribution in [0.4, 0.5) is 4.79 Å². The van der Waals surface area contributed by atoms with Gasteiger partial charge in [-0.1, -0.05) is 25.7 Å². The van der Waals surface area contributed by atoms with Crippen LogP contribution >= 0.6 is 0 Å². The Morgan fingerprint density at radius 1 is 1.04 bits per heavy atom. The van der Waals surface area contributed by atoms with Gasteiger partial charge >= 0.3 is 6.03 Å². The molecule has 0 N–H and O–H groups in total. The van der Waals surface area contributed by atoms with Gasteiger partial charge in [0.2, 0.25) is 5.91 Å². The number of nitrogens with zero attached hydrogens (tertiary/aromatic N) is 3. The van der Waals surface area contributed by atoms with E-state index in [9.17, 15) is 9.59 Å².